The lowest BCUT2D eigenvalue weighted by Gasteiger charge is -2.21. The van der Waals surface area contributed by atoms with Crippen LogP contribution in [0.4, 0.5) is 0 Å². The van der Waals surface area contributed by atoms with E-state index in [1.807, 2.05) is 5.38 Å². The maximum absolute atomic E-state index is 11.8. The third kappa shape index (κ3) is 2.07. The number of nitrogens with zero attached hydrogens (tertiary/aromatic N) is 3. The number of rotatable bonds is 3. The molecule has 0 unspecified atom stereocenters. The molecule has 5 nitrogen and oxygen atoms in total. The molecule has 0 aliphatic carbocycles. The van der Waals surface area contributed by atoms with Crippen molar-refractivity contribution in [2.24, 2.45) is 0 Å². The first kappa shape index (κ1) is 11.8. The molecule has 0 spiro atoms. The van der Waals surface area contributed by atoms with Gasteiger partial charge in [0, 0.05) is 30.2 Å². The Labute approximate surface area is 108 Å². The average molecular weight is 265 g/mol. The first-order valence-corrected chi connectivity index (χ1v) is 6.96. The van der Waals surface area contributed by atoms with Crippen molar-refractivity contribution in [3.63, 3.8) is 0 Å². The van der Waals surface area contributed by atoms with Gasteiger partial charge in [-0.2, -0.15) is 0 Å². The van der Waals surface area contributed by atoms with Crippen molar-refractivity contribution in [2.75, 3.05) is 13.2 Å². The van der Waals surface area contributed by atoms with E-state index in [9.17, 15) is 9.90 Å². The predicted molar refractivity (Wildman–Crippen MR) is 69.9 cm³/mol. The smallest absolute Gasteiger partial charge is 0.258 e. The van der Waals surface area contributed by atoms with Crippen molar-refractivity contribution in [1.29, 1.82) is 0 Å². The summed E-state index contributed by atoms with van der Waals surface area (Å²) in [5.41, 5.74) is 0.763. The van der Waals surface area contributed by atoms with Gasteiger partial charge in [-0.05, 0) is 19.4 Å². The summed E-state index contributed by atoms with van der Waals surface area (Å²) in [6.45, 7) is 1.80. The van der Waals surface area contributed by atoms with Crippen molar-refractivity contribution in [2.45, 2.75) is 25.4 Å². The van der Waals surface area contributed by atoms with Gasteiger partial charge >= 0.3 is 0 Å². The molecular formula is C12H15N3O2S. The molecule has 18 heavy (non-hydrogen) atoms. The van der Waals surface area contributed by atoms with E-state index in [-0.39, 0.29) is 18.2 Å². The molecule has 6 heteroatoms. The number of likely N-dealkylation sites (tertiary alicyclic amines) is 1. The molecular weight excluding hydrogens is 250 g/mol. The van der Waals surface area contributed by atoms with Gasteiger partial charge in [0.1, 0.15) is 0 Å². The second-order valence-corrected chi connectivity index (χ2v) is 5.46. The number of fused-ring (bicyclic) bond motifs is 1. The lowest BCUT2D eigenvalue weighted by atomic mass is 10.2. The summed E-state index contributed by atoms with van der Waals surface area (Å²) in [5, 5.41) is 11.1. The fraction of sp³-hybridized carbons (Fsp3) is 0.500. The molecule has 1 aliphatic rings. The van der Waals surface area contributed by atoms with E-state index in [1.54, 1.807) is 16.7 Å². The molecule has 0 aromatic carbocycles. The summed E-state index contributed by atoms with van der Waals surface area (Å²) in [6, 6.07) is 1.81. The zero-order chi connectivity index (χ0) is 12.5. The third-order valence-electron chi connectivity index (χ3n) is 3.43. The molecule has 0 radical (unpaired) electrons. The summed E-state index contributed by atoms with van der Waals surface area (Å²) in [6.07, 6.45) is 3.87. The van der Waals surface area contributed by atoms with Gasteiger partial charge in [-0.25, -0.2) is 4.98 Å². The van der Waals surface area contributed by atoms with Crippen LogP contribution < -0.4 is 5.56 Å². The van der Waals surface area contributed by atoms with E-state index in [0.29, 0.717) is 6.54 Å². The Balaban J connectivity index is 1.88. The highest BCUT2D eigenvalue weighted by molar-refractivity contribution is 7.15. The van der Waals surface area contributed by atoms with Crippen LogP contribution in [-0.2, 0) is 6.54 Å². The van der Waals surface area contributed by atoms with E-state index in [0.717, 1.165) is 30.0 Å². The van der Waals surface area contributed by atoms with Crippen LogP contribution in [0.1, 0.15) is 18.5 Å². The fourth-order valence-corrected chi connectivity index (χ4v) is 3.23. The first-order chi connectivity index (χ1) is 8.78. The number of aliphatic hydroxyl groups is 1. The normalized spacial score (nSPS) is 20.8. The maximum Gasteiger partial charge on any atom is 0.258 e. The number of thiazole rings is 1. The minimum atomic E-state index is -0.0315. The van der Waals surface area contributed by atoms with E-state index >= 15 is 0 Å². The highest BCUT2D eigenvalue weighted by Crippen LogP contribution is 2.19. The number of hydrogen-bond donors (Lipinski definition) is 1. The molecule has 2 aromatic rings. The summed E-state index contributed by atoms with van der Waals surface area (Å²) >= 11 is 1.46. The summed E-state index contributed by atoms with van der Waals surface area (Å²) in [5.74, 6) is 0. The van der Waals surface area contributed by atoms with Crippen LogP contribution in [0.15, 0.2) is 22.4 Å². The predicted octanol–water partition coefficient (Wildman–Crippen LogP) is 0.713. The second kappa shape index (κ2) is 4.79. The molecule has 1 N–H and O–H groups in total. The maximum atomic E-state index is 11.8. The topological polar surface area (TPSA) is 57.8 Å². The summed E-state index contributed by atoms with van der Waals surface area (Å²) in [4.78, 5) is 19.3. The lowest BCUT2D eigenvalue weighted by Crippen LogP contribution is -2.32. The molecule has 2 aromatic heterocycles. The molecule has 1 atom stereocenters. The monoisotopic (exact) mass is 265 g/mol. The van der Waals surface area contributed by atoms with E-state index in [2.05, 4.69) is 9.88 Å². The molecule has 3 heterocycles. The van der Waals surface area contributed by atoms with Crippen molar-refractivity contribution < 1.29 is 5.11 Å². The fourth-order valence-electron chi connectivity index (χ4n) is 2.49. The highest BCUT2D eigenvalue weighted by Gasteiger charge is 2.24. The molecule has 1 fully saturated rings. The van der Waals surface area contributed by atoms with Crippen LogP contribution in [0.2, 0.25) is 0 Å². The Hall–Kier alpha value is -1.24. The van der Waals surface area contributed by atoms with Crippen LogP contribution in [0.5, 0.6) is 0 Å². The van der Waals surface area contributed by atoms with Crippen LogP contribution >= 0.6 is 11.3 Å². The number of aromatic nitrogens is 2. The van der Waals surface area contributed by atoms with Crippen molar-refractivity contribution >= 4 is 16.3 Å². The quantitative estimate of drug-likeness (QED) is 0.888. The van der Waals surface area contributed by atoms with Crippen LogP contribution in [0.25, 0.3) is 4.96 Å². The first-order valence-electron chi connectivity index (χ1n) is 6.08. The van der Waals surface area contributed by atoms with Gasteiger partial charge in [-0.15, -0.1) is 11.3 Å². The Morgan fingerprint density at radius 2 is 2.44 bits per heavy atom. The average Bonchev–Trinajstić information content (AvgIpc) is 2.97. The molecule has 96 valence electrons. The van der Waals surface area contributed by atoms with Crippen molar-refractivity contribution in [3.05, 3.63) is 33.7 Å². The Morgan fingerprint density at radius 3 is 3.28 bits per heavy atom. The van der Waals surface area contributed by atoms with Gasteiger partial charge in [0.05, 0.1) is 12.3 Å². The van der Waals surface area contributed by atoms with Crippen molar-refractivity contribution in [3.8, 4) is 0 Å². The molecule has 1 saturated heterocycles. The van der Waals surface area contributed by atoms with E-state index in [4.69, 9.17) is 0 Å². The molecule has 0 saturated carbocycles. The minimum Gasteiger partial charge on any atom is -0.395 e. The molecule has 0 bridgehead atoms. The third-order valence-corrected chi connectivity index (χ3v) is 4.19. The van der Waals surface area contributed by atoms with Gasteiger partial charge in [0.25, 0.3) is 5.56 Å². The Kier molecular flexibility index (Phi) is 3.15. The van der Waals surface area contributed by atoms with Gasteiger partial charge < -0.3 is 5.11 Å². The minimum absolute atomic E-state index is 0.0315. The SMILES string of the molecule is O=c1cc(CN2CCC[C@@H]2CO)nc2sccn12. The number of hydrogen-bond acceptors (Lipinski definition) is 5. The second-order valence-electron chi connectivity index (χ2n) is 4.59. The van der Waals surface area contributed by atoms with E-state index in [1.165, 1.54) is 11.3 Å². The summed E-state index contributed by atoms with van der Waals surface area (Å²) < 4.78 is 1.56. The standard InChI is InChI=1S/C12H15N3O2S/c16-8-10-2-1-3-14(10)7-9-6-11(17)15-4-5-18-12(15)13-9/h4-6,10,16H,1-3,7-8H2/t10-/m1/s1. The number of aliphatic hydroxyl groups excluding tert-OH is 1. The molecule has 0 amide bonds. The lowest BCUT2D eigenvalue weighted by molar-refractivity contribution is 0.152. The summed E-state index contributed by atoms with van der Waals surface area (Å²) in [7, 11) is 0. The van der Waals surface area contributed by atoms with Crippen LogP contribution in [0, 0.1) is 0 Å². The van der Waals surface area contributed by atoms with Gasteiger partial charge in [-0.1, -0.05) is 0 Å². The van der Waals surface area contributed by atoms with Crippen LogP contribution in [0.3, 0.4) is 0 Å². The largest absolute Gasteiger partial charge is 0.395 e. The Morgan fingerprint density at radius 1 is 1.56 bits per heavy atom. The van der Waals surface area contributed by atoms with E-state index < -0.39 is 0 Å². The highest BCUT2D eigenvalue weighted by atomic mass is 32.1. The zero-order valence-electron chi connectivity index (χ0n) is 9.95. The van der Waals surface area contributed by atoms with Crippen molar-refractivity contribution in [1.82, 2.24) is 14.3 Å². The van der Waals surface area contributed by atoms with Gasteiger partial charge in [0.2, 0.25) is 0 Å². The Bertz CT molecular complexity index is 607. The van der Waals surface area contributed by atoms with Crippen LogP contribution in [-0.4, -0.2) is 38.6 Å². The van der Waals surface area contributed by atoms with Gasteiger partial charge in [0.15, 0.2) is 4.96 Å². The molecule has 3 rings (SSSR count). The zero-order valence-corrected chi connectivity index (χ0v) is 10.8. The van der Waals surface area contributed by atoms with Gasteiger partial charge in [-0.3, -0.25) is 14.1 Å². The molecule has 1 aliphatic heterocycles.